The largest absolute Gasteiger partial charge is 0.475 e. The Morgan fingerprint density at radius 3 is 2.18 bits per heavy atom. The lowest BCUT2D eigenvalue weighted by Gasteiger charge is -2.39. The van der Waals surface area contributed by atoms with E-state index in [4.69, 9.17) is 9.47 Å². The van der Waals surface area contributed by atoms with Gasteiger partial charge in [-0.2, -0.15) is 0 Å². The number of nitrogens with zero attached hydrogens (tertiary/aromatic N) is 1. The molecule has 0 saturated carbocycles. The molecular formula is C27H45N3O8. The van der Waals surface area contributed by atoms with Crippen LogP contribution in [0.25, 0.3) is 0 Å². The van der Waals surface area contributed by atoms with Crippen molar-refractivity contribution in [3.8, 4) is 0 Å². The quantitative estimate of drug-likeness (QED) is 0.398. The lowest BCUT2D eigenvalue weighted by Crippen LogP contribution is -2.60. The van der Waals surface area contributed by atoms with Crippen LogP contribution < -0.4 is 10.6 Å². The maximum absolute atomic E-state index is 14.0. The third kappa shape index (κ3) is 7.91. The summed E-state index contributed by atoms with van der Waals surface area (Å²) < 4.78 is 11.6. The minimum atomic E-state index is -1.63. The zero-order valence-corrected chi connectivity index (χ0v) is 24.2. The molecule has 2 aliphatic heterocycles. The Bertz CT molecular complexity index is 934. The Morgan fingerprint density at radius 1 is 1.08 bits per heavy atom. The van der Waals surface area contributed by atoms with Gasteiger partial charge >= 0.3 is 12.1 Å². The monoisotopic (exact) mass is 539 g/mol. The average molecular weight is 540 g/mol. The van der Waals surface area contributed by atoms with E-state index in [1.807, 2.05) is 13.8 Å². The van der Waals surface area contributed by atoms with Gasteiger partial charge in [0.1, 0.15) is 17.7 Å². The summed E-state index contributed by atoms with van der Waals surface area (Å²) in [7, 11) is 0. The van der Waals surface area contributed by atoms with Gasteiger partial charge in [0, 0.05) is 12.5 Å². The molecule has 11 nitrogen and oxygen atoms in total. The van der Waals surface area contributed by atoms with Crippen LogP contribution in [0.1, 0.15) is 88.0 Å². The molecule has 11 heteroatoms. The fourth-order valence-corrected chi connectivity index (χ4v) is 5.10. The van der Waals surface area contributed by atoms with Gasteiger partial charge in [0.05, 0.1) is 17.7 Å². The predicted octanol–water partition coefficient (Wildman–Crippen LogP) is 2.65. The highest BCUT2D eigenvalue weighted by Gasteiger charge is 2.54. The van der Waals surface area contributed by atoms with Gasteiger partial charge in [0.2, 0.25) is 11.8 Å². The third-order valence-electron chi connectivity index (χ3n) is 6.89. The van der Waals surface area contributed by atoms with E-state index in [9.17, 15) is 29.1 Å². The van der Waals surface area contributed by atoms with Gasteiger partial charge in [-0.25, -0.2) is 9.59 Å². The SMILES string of the molecule is CCCC(NC(=O)[C@@H]1C2CCC(C)(C)OC2CN1C(=O)[C@@H](NC(=O)OC(C)(C)C)C(C)(C)C)C(=O)C(=O)O. The molecule has 2 aliphatic rings. The lowest BCUT2D eigenvalue weighted by atomic mass is 9.83. The van der Waals surface area contributed by atoms with Gasteiger partial charge < -0.3 is 30.1 Å². The van der Waals surface area contributed by atoms with E-state index in [0.717, 1.165) is 0 Å². The molecule has 5 atom stereocenters. The number of hydrogen-bond acceptors (Lipinski definition) is 7. The molecule has 216 valence electrons. The Balaban J connectivity index is 2.42. The molecule has 2 saturated heterocycles. The van der Waals surface area contributed by atoms with Crippen LogP contribution >= 0.6 is 0 Å². The molecule has 3 N–H and O–H groups in total. The molecule has 3 unspecified atom stereocenters. The summed E-state index contributed by atoms with van der Waals surface area (Å²) in [5, 5.41) is 14.5. The second-order valence-corrected chi connectivity index (χ2v) is 13.0. The third-order valence-corrected chi connectivity index (χ3v) is 6.89. The second kappa shape index (κ2) is 11.6. The second-order valence-electron chi connectivity index (χ2n) is 13.0. The van der Waals surface area contributed by atoms with Gasteiger partial charge in [0.25, 0.3) is 5.78 Å². The maximum atomic E-state index is 14.0. The van der Waals surface area contributed by atoms with Crippen molar-refractivity contribution < 1.29 is 38.6 Å². The number of Topliss-reactive ketones (excluding diaryl/α,β-unsaturated/α-hetero) is 1. The number of carbonyl (C=O) groups excluding carboxylic acids is 4. The molecule has 0 bridgehead atoms. The summed E-state index contributed by atoms with van der Waals surface area (Å²) in [6.07, 6.45) is 0.707. The molecule has 2 heterocycles. The minimum Gasteiger partial charge on any atom is -0.475 e. The van der Waals surface area contributed by atoms with E-state index >= 15 is 0 Å². The molecule has 2 rings (SSSR count). The number of carbonyl (C=O) groups is 5. The number of ether oxygens (including phenoxy) is 2. The van der Waals surface area contributed by atoms with Crippen LogP contribution in [-0.4, -0.2) is 81.6 Å². The summed E-state index contributed by atoms with van der Waals surface area (Å²) >= 11 is 0. The van der Waals surface area contributed by atoms with Crippen molar-refractivity contribution in [1.29, 1.82) is 0 Å². The van der Waals surface area contributed by atoms with E-state index in [1.54, 1.807) is 48.5 Å². The number of carboxylic acid groups (broad SMARTS) is 1. The Hall–Kier alpha value is -2.69. The molecular weight excluding hydrogens is 494 g/mol. The number of rotatable bonds is 8. The van der Waals surface area contributed by atoms with Crippen molar-refractivity contribution in [1.82, 2.24) is 15.5 Å². The van der Waals surface area contributed by atoms with E-state index in [-0.39, 0.29) is 18.9 Å². The highest BCUT2D eigenvalue weighted by atomic mass is 16.6. The number of fused-ring (bicyclic) bond motifs is 1. The Kier molecular flexibility index (Phi) is 9.62. The smallest absolute Gasteiger partial charge is 0.408 e. The van der Waals surface area contributed by atoms with E-state index in [0.29, 0.717) is 19.3 Å². The average Bonchev–Trinajstić information content (AvgIpc) is 3.11. The molecule has 0 spiro atoms. The van der Waals surface area contributed by atoms with Crippen LogP contribution in [0.15, 0.2) is 0 Å². The summed E-state index contributed by atoms with van der Waals surface area (Å²) in [5.41, 5.74) is -1.94. The maximum Gasteiger partial charge on any atom is 0.408 e. The van der Waals surface area contributed by atoms with E-state index in [2.05, 4.69) is 10.6 Å². The molecule has 0 aromatic rings. The van der Waals surface area contributed by atoms with Crippen LogP contribution in [0, 0.1) is 11.3 Å². The predicted molar refractivity (Wildman–Crippen MR) is 139 cm³/mol. The van der Waals surface area contributed by atoms with Crippen LogP contribution in [-0.2, 0) is 28.7 Å². The summed E-state index contributed by atoms with van der Waals surface area (Å²) in [5.74, 6) is -4.16. The van der Waals surface area contributed by atoms with Crippen molar-refractivity contribution >= 4 is 29.7 Å². The first-order chi connectivity index (χ1) is 17.3. The number of likely N-dealkylation sites (tertiary alicyclic amines) is 1. The summed E-state index contributed by atoms with van der Waals surface area (Å²) in [6, 6.07) is -3.22. The fraction of sp³-hybridized carbons (Fsp3) is 0.815. The summed E-state index contributed by atoms with van der Waals surface area (Å²) in [6.45, 7) is 16.4. The Morgan fingerprint density at radius 2 is 1.68 bits per heavy atom. The zero-order chi connectivity index (χ0) is 29.2. The minimum absolute atomic E-state index is 0.124. The number of carboxylic acids is 1. The zero-order valence-electron chi connectivity index (χ0n) is 24.2. The number of hydrogen-bond donors (Lipinski definition) is 3. The fourth-order valence-electron chi connectivity index (χ4n) is 5.10. The van der Waals surface area contributed by atoms with Crippen molar-refractivity contribution in [3.63, 3.8) is 0 Å². The van der Waals surface area contributed by atoms with Crippen molar-refractivity contribution in [2.45, 2.75) is 123 Å². The lowest BCUT2D eigenvalue weighted by molar-refractivity contribution is -0.151. The molecule has 0 aromatic heterocycles. The van der Waals surface area contributed by atoms with Gasteiger partial charge in [-0.05, 0) is 59.3 Å². The van der Waals surface area contributed by atoms with Gasteiger partial charge in [0.15, 0.2) is 0 Å². The van der Waals surface area contributed by atoms with Gasteiger partial charge in [-0.1, -0.05) is 34.1 Å². The van der Waals surface area contributed by atoms with Crippen molar-refractivity contribution in [3.05, 3.63) is 0 Å². The molecule has 0 aliphatic carbocycles. The van der Waals surface area contributed by atoms with Crippen LogP contribution in [0.2, 0.25) is 0 Å². The van der Waals surface area contributed by atoms with Gasteiger partial charge in [-0.15, -0.1) is 0 Å². The molecule has 2 fully saturated rings. The highest BCUT2D eigenvalue weighted by molar-refractivity contribution is 6.35. The first kappa shape index (κ1) is 31.5. The number of aliphatic carboxylic acids is 1. The highest BCUT2D eigenvalue weighted by Crippen LogP contribution is 2.41. The molecule has 3 amide bonds. The number of nitrogens with one attached hydrogen (secondary N) is 2. The molecule has 0 radical (unpaired) electrons. The van der Waals surface area contributed by atoms with Gasteiger partial charge in [-0.3, -0.25) is 14.4 Å². The number of alkyl carbamates (subject to hydrolysis) is 1. The Labute approximate surface area is 225 Å². The molecule has 0 aromatic carbocycles. The van der Waals surface area contributed by atoms with E-state index < -0.39 is 70.5 Å². The van der Waals surface area contributed by atoms with Crippen LogP contribution in [0.3, 0.4) is 0 Å². The summed E-state index contributed by atoms with van der Waals surface area (Å²) in [4.78, 5) is 65.3. The van der Waals surface area contributed by atoms with E-state index in [1.165, 1.54) is 4.90 Å². The first-order valence-corrected chi connectivity index (χ1v) is 13.3. The number of ketones is 1. The van der Waals surface area contributed by atoms with Crippen LogP contribution in [0.4, 0.5) is 4.79 Å². The molecule has 38 heavy (non-hydrogen) atoms. The number of amides is 3. The van der Waals surface area contributed by atoms with Crippen molar-refractivity contribution in [2.75, 3.05) is 6.54 Å². The normalized spacial score (nSPS) is 24.6. The first-order valence-electron chi connectivity index (χ1n) is 13.3. The van der Waals surface area contributed by atoms with Crippen molar-refractivity contribution in [2.24, 2.45) is 11.3 Å². The standard InChI is InChI=1S/C27H45N3O8/c1-10-11-16(19(31)23(34)35)28-21(32)18-15-12-13-27(8,9)37-17(15)14-30(18)22(33)20(25(2,3)4)29-24(36)38-26(5,6)7/h15-18,20H,10-14H2,1-9H3,(H,28,32)(H,29,36)(H,34,35)/t15?,16?,17?,18-,20+/m0/s1. The van der Waals surface area contributed by atoms with Crippen LogP contribution in [0.5, 0.6) is 0 Å². The topological polar surface area (TPSA) is 151 Å².